The molecule has 1 N–H and O–H groups in total. The van der Waals surface area contributed by atoms with Crippen LogP contribution in [0.2, 0.25) is 0 Å². The number of pyridine rings is 1. The Balaban J connectivity index is 1.86. The minimum atomic E-state index is -0.283. The Morgan fingerprint density at radius 2 is 2.00 bits per heavy atom. The van der Waals surface area contributed by atoms with Crippen LogP contribution in [0.15, 0.2) is 48.8 Å². The van der Waals surface area contributed by atoms with Crippen LogP contribution in [0.5, 0.6) is 5.75 Å². The van der Waals surface area contributed by atoms with Crippen LogP contribution < -0.4 is 10.1 Å². The molecule has 0 saturated carbocycles. The third kappa shape index (κ3) is 3.28. The lowest BCUT2D eigenvalue weighted by molar-refractivity contribution is 0.103. The normalized spacial score (nSPS) is 10.5. The number of benzene rings is 1. The third-order valence-corrected chi connectivity index (χ3v) is 4.78. The van der Waals surface area contributed by atoms with Gasteiger partial charge in [-0.3, -0.25) is 9.78 Å². The molecule has 0 saturated heterocycles. The van der Waals surface area contributed by atoms with E-state index in [4.69, 9.17) is 4.74 Å². The Bertz CT molecular complexity index is 875. The zero-order chi connectivity index (χ0) is 17.1. The first kappa shape index (κ1) is 16.1. The molecule has 0 unspecified atom stereocenters. The van der Waals surface area contributed by atoms with Crippen molar-refractivity contribution in [3.05, 3.63) is 65.0 Å². The van der Waals surface area contributed by atoms with E-state index in [1.807, 2.05) is 13.0 Å². The number of hydrogen-bond donors (Lipinski definition) is 1. The summed E-state index contributed by atoms with van der Waals surface area (Å²) in [6, 6.07) is 9.74. The van der Waals surface area contributed by atoms with E-state index in [1.54, 1.807) is 24.4 Å². The molecule has 6 heteroatoms. The second kappa shape index (κ2) is 6.80. The van der Waals surface area contributed by atoms with Gasteiger partial charge in [-0.05, 0) is 36.2 Å². The molecule has 0 radical (unpaired) electrons. The predicted octanol–water partition coefficient (Wildman–Crippen LogP) is 4.52. The van der Waals surface area contributed by atoms with Crippen LogP contribution in [-0.4, -0.2) is 18.0 Å². The minimum absolute atomic E-state index is 0.234. The van der Waals surface area contributed by atoms with Gasteiger partial charge in [0.05, 0.1) is 18.2 Å². The molecule has 0 aliphatic rings. The summed E-state index contributed by atoms with van der Waals surface area (Å²) in [6.07, 6.45) is 3.13. The number of carbonyl (C=O) groups is 1. The molecule has 2 aromatic heterocycles. The first-order valence-corrected chi connectivity index (χ1v) is 8.06. The fourth-order valence-electron chi connectivity index (χ4n) is 2.32. The molecule has 4 nitrogen and oxygen atoms in total. The van der Waals surface area contributed by atoms with Gasteiger partial charge in [0.15, 0.2) is 0 Å². The van der Waals surface area contributed by atoms with Crippen LogP contribution >= 0.6 is 11.3 Å². The summed E-state index contributed by atoms with van der Waals surface area (Å²) in [5.41, 5.74) is 2.37. The van der Waals surface area contributed by atoms with E-state index in [9.17, 15) is 9.18 Å². The van der Waals surface area contributed by atoms with Crippen molar-refractivity contribution < 1.29 is 13.9 Å². The number of anilines is 1. The van der Waals surface area contributed by atoms with Crippen LogP contribution in [0.1, 0.15) is 15.2 Å². The van der Waals surface area contributed by atoms with Gasteiger partial charge in [0, 0.05) is 17.1 Å². The van der Waals surface area contributed by atoms with Crippen molar-refractivity contribution in [1.29, 1.82) is 0 Å². The SMILES string of the molecule is COc1ccncc1NC(=O)c1cc(C)c(-c2ccc(F)cc2)s1. The van der Waals surface area contributed by atoms with Crippen molar-refractivity contribution in [3.63, 3.8) is 0 Å². The summed E-state index contributed by atoms with van der Waals surface area (Å²) >= 11 is 1.36. The molecular weight excluding hydrogens is 327 g/mol. The number of methoxy groups -OCH3 is 1. The van der Waals surface area contributed by atoms with Crippen molar-refractivity contribution in [2.75, 3.05) is 12.4 Å². The summed E-state index contributed by atoms with van der Waals surface area (Å²) in [5.74, 6) is 0.0303. The van der Waals surface area contributed by atoms with E-state index in [1.165, 1.54) is 36.8 Å². The van der Waals surface area contributed by atoms with Gasteiger partial charge >= 0.3 is 0 Å². The summed E-state index contributed by atoms with van der Waals surface area (Å²) in [4.78, 5) is 18.0. The van der Waals surface area contributed by atoms with Crippen LogP contribution in [0, 0.1) is 12.7 Å². The molecule has 0 atom stereocenters. The molecule has 3 aromatic rings. The highest BCUT2D eigenvalue weighted by Crippen LogP contribution is 2.33. The van der Waals surface area contributed by atoms with E-state index < -0.39 is 0 Å². The van der Waals surface area contributed by atoms with Gasteiger partial charge in [-0.15, -0.1) is 11.3 Å². The number of nitrogens with one attached hydrogen (secondary N) is 1. The Kier molecular flexibility index (Phi) is 4.57. The van der Waals surface area contributed by atoms with Crippen LogP contribution in [-0.2, 0) is 0 Å². The number of hydrogen-bond acceptors (Lipinski definition) is 4. The molecule has 122 valence electrons. The number of nitrogens with zero attached hydrogens (tertiary/aromatic N) is 1. The Labute approximate surface area is 142 Å². The molecule has 0 fully saturated rings. The molecule has 0 aliphatic carbocycles. The summed E-state index contributed by atoms with van der Waals surface area (Å²) < 4.78 is 18.3. The third-order valence-electron chi connectivity index (χ3n) is 3.50. The molecule has 2 heterocycles. The van der Waals surface area contributed by atoms with Gasteiger partial charge < -0.3 is 10.1 Å². The highest BCUT2D eigenvalue weighted by atomic mass is 32.1. The van der Waals surface area contributed by atoms with Crippen molar-refractivity contribution >= 4 is 22.9 Å². The zero-order valence-electron chi connectivity index (χ0n) is 13.2. The predicted molar refractivity (Wildman–Crippen MR) is 93.2 cm³/mol. The Morgan fingerprint density at radius 1 is 1.25 bits per heavy atom. The Morgan fingerprint density at radius 3 is 2.71 bits per heavy atom. The second-order valence-corrected chi connectivity index (χ2v) is 6.21. The number of aryl methyl sites for hydroxylation is 1. The molecular formula is C18H15FN2O2S. The highest BCUT2D eigenvalue weighted by molar-refractivity contribution is 7.17. The van der Waals surface area contributed by atoms with E-state index in [0.717, 1.165) is 16.0 Å². The first-order valence-electron chi connectivity index (χ1n) is 7.24. The van der Waals surface area contributed by atoms with E-state index in [-0.39, 0.29) is 11.7 Å². The fraction of sp³-hybridized carbons (Fsp3) is 0.111. The highest BCUT2D eigenvalue weighted by Gasteiger charge is 2.15. The van der Waals surface area contributed by atoms with E-state index in [2.05, 4.69) is 10.3 Å². The van der Waals surface area contributed by atoms with E-state index in [0.29, 0.717) is 16.3 Å². The molecule has 0 bridgehead atoms. The van der Waals surface area contributed by atoms with Crippen LogP contribution in [0.4, 0.5) is 10.1 Å². The number of halogens is 1. The smallest absolute Gasteiger partial charge is 0.265 e. The van der Waals surface area contributed by atoms with Crippen LogP contribution in [0.25, 0.3) is 10.4 Å². The number of ether oxygens (including phenoxy) is 1. The van der Waals surface area contributed by atoms with Crippen molar-refractivity contribution in [3.8, 4) is 16.2 Å². The van der Waals surface area contributed by atoms with Crippen molar-refractivity contribution in [2.24, 2.45) is 0 Å². The maximum absolute atomic E-state index is 13.1. The maximum atomic E-state index is 13.1. The second-order valence-electron chi connectivity index (χ2n) is 5.16. The largest absolute Gasteiger partial charge is 0.494 e. The first-order chi connectivity index (χ1) is 11.6. The van der Waals surface area contributed by atoms with Gasteiger partial charge in [-0.1, -0.05) is 12.1 Å². The van der Waals surface area contributed by atoms with Crippen molar-refractivity contribution in [1.82, 2.24) is 4.98 Å². The monoisotopic (exact) mass is 342 g/mol. The Hall–Kier alpha value is -2.73. The number of amides is 1. The average Bonchev–Trinajstić information content (AvgIpc) is 2.98. The topological polar surface area (TPSA) is 51.2 Å². The molecule has 0 spiro atoms. The van der Waals surface area contributed by atoms with Gasteiger partial charge in [0.1, 0.15) is 17.3 Å². The minimum Gasteiger partial charge on any atom is -0.494 e. The lowest BCUT2D eigenvalue weighted by atomic mass is 10.1. The van der Waals surface area contributed by atoms with Gasteiger partial charge in [-0.2, -0.15) is 0 Å². The van der Waals surface area contributed by atoms with Gasteiger partial charge in [-0.25, -0.2) is 4.39 Å². The number of carbonyl (C=O) groups excluding carboxylic acids is 1. The average molecular weight is 342 g/mol. The summed E-state index contributed by atoms with van der Waals surface area (Å²) in [5, 5.41) is 2.80. The lowest BCUT2D eigenvalue weighted by Gasteiger charge is -2.08. The molecule has 3 rings (SSSR count). The summed E-state index contributed by atoms with van der Waals surface area (Å²) in [6.45, 7) is 1.93. The molecule has 0 aliphatic heterocycles. The number of aromatic nitrogens is 1. The van der Waals surface area contributed by atoms with Crippen molar-refractivity contribution in [2.45, 2.75) is 6.92 Å². The van der Waals surface area contributed by atoms with Crippen LogP contribution in [0.3, 0.4) is 0 Å². The quantitative estimate of drug-likeness (QED) is 0.758. The molecule has 24 heavy (non-hydrogen) atoms. The summed E-state index contributed by atoms with van der Waals surface area (Å²) in [7, 11) is 1.53. The lowest BCUT2D eigenvalue weighted by Crippen LogP contribution is -2.11. The zero-order valence-corrected chi connectivity index (χ0v) is 14.0. The number of thiophene rings is 1. The van der Waals surface area contributed by atoms with Gasteiger partial charge in [0.25, 0.3) is 5.91 Å². The van der Waals surface area contributed by atoms with E-state index >= 15 is 0 Å². The molecule has 1 aromatic carbocycles. The molecule has 1 amide bonds. The number of rotatable bonds is 4. The van der Waals surface area contributed by atoms with Gasteiger partial charge in [0.2, 0.25) is 0 Å². The fourth-order valence-corrected chi connectivity index (χ4v) is 3.39. The maximum Gasteiger partial charge on any atom is 0.265 e. The standard InChI is InChI=1S/C18H15FN2O2S/c1-11-9-16(24-17(11)12-3-5-13(19)6-4-12)18(22)21-14-10-20-8-7-15(14)23-2/h3-10H,1-2H3,(H,21,22).